The average Bonchev–Trinajstić information content (AvgIpc) is 2.17. The second-order valence-electron chi connectivity index (χ2n) is 2.29. The third-order valence-electron chi connectivity index (χ3n) is 1.24. The van der Waals surface area contributed by atoms with Gasteiger partial charge in [0.1, 0.15) is 0 Å². The summed E-state index contributed by atoms with van der Waals surface area (Å²) in [5.41, 5.74) is 0. The second-order valence-corrected chi connectivity index (χ2v) is 2.29. The SMILES string of the molecule is C=CCCC=NC(=NCC=C)OC. The van der Waals surface area contributed by atoms with Gasteiger partial charge in [0.15, 0.2) is 0 Å². The van der Waals surface area contributed by atoms with Crippen LogP contribution < -0.4 is 0 Å². The molecule has 0 aromatic carbocycles. The molecule has 0 bridgehead atoms. The van der Waals surface area contributed by atoms with Gasteiger partial charge in [-0.1, -0.05) is 12.2 Å². The van der Waals surface area contributed by atoms with Crippen molar-refractivity contribution in [2.45, 2.75) is 12.8 Å². The third-order valence-corrected chi connectivity index (χ3v) is 1.24. The van der Waals surface area contributed by atoms with Crippen molar-refractivity contribution in [1.82, 2.24) is 0 Å². The van der Waals surface area contributed by atoms with Crippen LogP contribution in [0.4, 0.5) is 0 Å². The lowest BCUT2D eigenvalue weighted by Crippen LogP contribution is -1.98. The largest absolute Gasteiger partial charge is 0.467 e. The molecule has 0 spiro atoms. The minimum Gasteiger partial charge on any atom is -0.467 e. The molecule has 0 saturated heterocycles. The van der Waals surface area contributed by atoms with E-state index in [1.54, 1.807) is 19.4 Å². The standard InChI is InChI=1S/C10H16N2O/c1-4-6-7-9-12-10(13-3)11-8-5-2/h4-5,9H,1-2,6-8H2,3H3. The number of methoxy groups -OCH3 is 1. The fraction of sp³-hybridized carbons (Fsp3) is 0.400. The molecule has 0 rings (SSSR count). The molecule has 0 amide bonds. The predicted molar refractivity (Wildman–Crippen MR) is 57.4 cm³/mol. The minimum atomic E-state index is 0.393. The van der Waals surface area contributed by atoms with Gasteiger partial charge in [-0.05, 0) is 12.8 Å². The van der Waals surface area contributed by atoms with Gasteiger partial charge < -0.3 is 4.74 Å². The van der Waals surface area contributed by atoms with Crippen molar-refractivity contribution in [2.75, 3.05) is 13.7 Å². The number of allylic oxidation sites excluding steroid dienone is 1. The van der Waals surface area contributed by atoms with Crippen LogP contribution in [0.25, 0.3) is 0 Å². The van der Waals surface area contributed by atoms with Gasteiger partial charge in [-0.3, -0.25) is 0 Å². The van der Waals surface area contributed by atoms with Crippen molar-refractivity contribution >= 4 is 12.2 Å². The maximum absolute atomic E-state index is 4.91. The summed E-state index contributed by atoms with van der Waals surface area (Å²) in [6, 6.07) is 0.393. The molecule has 13 heavy (non-hydrogen) atoms. The molecule has 0 aliphatic rings. The van der Waals surface area contributed by atoms with Gasteiger partial charge in [0.25, 0.3) is 0 Å². The average molecular weight is 180 g/mol. The Hall–Kier alpha value is -1.38. The van der Waals surface area contributed by atoms with E-state index >= 15 is 0 Å². The zero-order chi connectivity index (χ0) is 9.94. The summed E-state index contributed by atoms with van der Waals surface area (Å²) in [7, 11) is 1.55. The summed E-state index contributed by atoms with van der Waals surface area (Å²) in [5.74, 6) is 0. The highest BCUT2D eigenvalue weighted by molar-refractivity contribution is 5.83. The number of hydrogen-bond acceptors (Lipinski definition) is 2. The van der Waals surface area contributed by atoms with Gasteiger partial charge in [-0.2, -0.15) is 0 Å². The molecule has 0 saturated carbocycles. The molecule has 0 aromatic heterocycles. The lowest BCUT2D eigenvalue weighted by Gasteiger charge is -1.95. The van der Waals surface area contributed by atoms with E-state index in [0.717, 1.165) is 12.8 Å². The molecule has 0 aliphatic heterocycles. The van der Waals surface area contributed by atoms with Crippen LogP contribution in [-0.2, 0) is 4.74 Å². The van der Waals surface area contributed by atoms with E-state index in [1.165, 1.54) is 0 Å². The molecule has 0 fully saturated rings. The predicted octanol–water partition coefficient (Wildman–Crippen LogP) is 2.21. The van der Waals surface area contributed by atoms with Crippen LogP contribution >= 0.6 is 0 Å². The summed E-state index contributed by atoms with van der Waals surface area (Å²) in [5, 5.41) is 0. The van der Waals surface area contributed by atoms with Gasteiger partial charge in [0.05, 0.1) is 13.7 Å². The maximum atomic E-state index is 4.91. The first-order chi connectivity index (χ1) is 6.35. The molecular weight excluding hydrogens is 164 g/mol. The molecule has 0 atom stereocenters. The first kappa shape index (κ1) is 11.6. The van der Waals surface area contributed by atoms with E-state index in [1.807, 2.05) is 6.08 Å². The summed E-state index contributed by atoms with van der Waals surface area (Å²) in [6.45, 7) is 7.69. The number of rotatable bonds is 5. The van der Waals surface area contributed by atoms with E-state index in [-0.39, 0.29) is 0 Å². The van der Waals surface area contributed by atoms with Crippen molar-refractivity contribution < 1.29 is 4.74 Å². The Bertz CT molecular complexity index is 207. The third kappa shape index (κ3) is 7.00. The first-order valence-corrected chi connectivity index (χ1v) is 4.18. The molecular formula is C10H16N2O. The lowest BCUT2D eigenvalue weighted by molar-refractivity contribution is 0.395. The zero-order valence-electron chi connectivity index (χ0n) is 8.07. The van der Waals surface area contributed by atoms with Crippen molar-refractivity contribution in [3.05, 3.63) is 25.3 Å². The molecule has 0 N–H and O–H groups in total. The van der Waals surface area contributed by atoms with E-state index in [9.17, 15) is 0 Å². The Morgan fingerprint density at radius 3 is 2.62 bits per heavy atom. The van der Waals surface area contributed by atoms with Crippen molar-refractivity contribution in [3.8, 4) is 0 Å². The Kier molecular flexibility index (Phi) is 7.79. The van der Waals surface area contributed by atoms with Crippen LogP contribution in [0.1, 0.15) is 12.8 Å². The van der Waals surface area contributed by atoms with Crippen molar-refractivity contribution in [1.29, 1.82) is 0 Å². The minimum absolute atomic E-state index is 0.393. The molecule has 72 valence electrons. The van der Waals surface area contributed by atoms with E-state index in [0.29, 0.717) is 12.6 Å². The topological polar surface area (TPSA) is 34.0 Å². The lowest BCUT2D eigenvalue weighted by atomic mass is 10.3. The Morgan fingerprint density at radius 2 is 2.08 bits per heavy atom. The molecule has 0 radical (unpaired) electrons. The van der Waals surface area contributed by atoms with Crippen molar-refractivity contribution in [3.63, 3.8) is 0 Å². The Balaban J connectivity index is 3.88. The van der Waals surface area contributed by atoms with Crippen molar-refractivity contribution in [2.24, 2.45) is 9.98 Å². The fourth-order valence-electron chi connectivity index (χ4n) is 0.636. The first-order valence-electron chi connectivity index (χ1n) is 4.18. The fourth-order valence-corrected chi connectivity index (χ4v) is 0.636. The highest BCUT2D eigenvalue weighted by Gasteiger charge is 1.89. The quantitative estimate of drug-likeness (QED) is 0.276. The molecule has 3 heteroatoms. The molecule has 0 aliphatic carbocycles. The zero-order valence-corrected chi connectivity index (χ0v) is 8.07. The smallest absolute Gasteiger partial charge is 0.311 e. The molecule has 0 heterocycles. The number of ether oxygens (including phenoxy) is 1. The van der Waals surface area contributed by atoms with E-state index in [4.69, 9.17) is 4.74 Å². The van der Waals surface area contributed by atoms with Gasteiger partial charge >= 0.3 is 6.02 Å². The van der Waals surface area contributed by atoms with Gasteiger partial charge in [0.2, 0.25) is 0 Å². The number of amidine groups is 1. The van der Waals surface area contributed by atoms with Crippen LogP contribution in [0.3, 0.4) is 0 Å². The highest BCUT2D eigenvalue weighted by atomic mass is 16.5. The van der Waals surface area contributed by atoms with E-state index < -0.39 is 0 Å². The summed E-state index contributed by atoms with van der Waals surface area (Å²) in [6.07, 6.45) is 7.09. The molecule has 3 nitrogen and oxygen atoms in total. The summed E-state index contributed by atoms with van der Waals surface area (Å²) in [4.78, 5) is 8.04. The Morgan fingerprint density at radius 1 is 1.31 bits per heavy atom. The highest BCUT2D eigenvalue weighted by Crippen LogP contribution is 1.88. The molecule has 0 unspecified atom stereocenters. The van der Waals surface area contributed by atoms with Crippen LogP contribution in [0.5, 0.6) is 0 Å². The van der Waals surface area contributed by atoms with Crippen LogP contribution in [0, 0.1) is 0 Å². The monoisotopic (exact) mass is 180 g/mol. The van der Waals surface area contributed by atoms with Gasteiger partial charge in [0, 0.05) is 6.21 Å². The van der Waals surface area contributed by atoms with E-state index in [2.05, 4.69) is 23.1 Å². The molecule has 0 aromatic rings. The number of nitrogens with zero attached hydrogens (tertiary/aromatic N) is 2. The summed E-state index contributed by atoms with van der Waals surface area (Å²) < 4.78 is 4.91. The van der Waals surface area contributed by atoms with Gasteiger partial charge in [-0.25, -0.2) is 9.98 Å². The van der Waals surface area contributed by atoms with Gasteiger partial charge in [-0.15, -0.1) is 13.2 Å². The summed E-state index contributed by atoms with van der Waals surface area (Å²) >= 11 is 0. The maximum Gasteiger partial charge on any atom is 0.311 e. The second kappa shape index (κ2) is 8.71. The van der Waals surface area contributed by atoms with Crippen LogP contribution in [0.2, 0.25) is 0 Å². The Labute approximate surface area is 79.5 Å². The normalized spacial score (nSPS) is 11.6. The number of hydrogen-bond donors (Lipinski definition) is 0. The number of unbranched alkanes of at least 4 members (excludes halogenated alkanes) is 1. The number of aliphatic imine (C=N–C) groups is 2. The van der Waals surface area contributed by atoms with Crippen LogP contribution in [0.15, 0.2) is 35.3 Å². The van der Waals surface area contributed by atoms with Crippen LogP contribution in [-0.4, -0.2) is 25.9 Å².